The first-order valence-electron chi connectivity index (χ1n) is 7.80. The van der Waals surface area contributed by atoms with Gasteiger partial charge in [0.2, 0.25) is 5.91 Å². The summed E-state index contributed by atoms with van der Waals surface area (Å²) in [5.41, 5.74) is 0.496. The van der Waals surface area contributed by atoms with Crippen LogP contribution < -0.4 is 15.1 Å². The molecule has 0 radical (unpaired) electrons. The molecule has 1 fully saturated rings. The Bertz CT molecular complexity index is 1000. The maximum Gasteiger partial charge on any atom is 0.267 e. The standard InChI is InChI=1S/C17H12N2O7S2/c1-7(20)18-9-5-3-2-4-8(9)12(14(18)23)13-15(24)19(17(27)28-13)10(16(25)26)6-11(21)22/h2-5,10H,6H2,1H3,(H,21,22)(H,25,26)/p-2/b13-12-/t10-/m1/s1. The smallest absolute Gasteiger partial charge is 0.267 e. The summed E-state index contributed by atoms with van der Waals surface area (Å²) in [5, 5.41) is 22.2. The molecule has 0 bridgehead atoms. The molecule has 1 saturated heterocycles. The zero-order chi connectivity index (χ0) is 20.7. The van der Waals surface area contributed by atoms with Gasteiger partial charge < -0.3 is 19.8 Å². The van der Waals surface area contributed by atoms with E-state index in [1.165, 1.54) is 19.1 Å². The lowest BCUT2D eigenvalue weighted by Gasteiger charge is -2.27. The number of benzene rings is 1. The Hall–Kier alpha value is -3.05. The topological polar surface area (TPSA) is 138 Å². The van der Waals surface area contributed by atoms with Crippen LogP contribution in [0.4, 0.5) is 5.69 Å². The summed E-state index contributed by atoms with van der Waals surface area (Å²) in [4.78, 5) is 61.1. The van der Waals surface area contributed by atoms with Crippen LogP contribution in [0.5, 0.6) is 0 Å². The van der Waals surface area contributed by atoms with Gasteiger partial charge >= 0.3 is 0 Å². The molecule has 1 atom stereocenters. The van der Waals surface area contributed by atoms with Crippen molar-refractivity contribution in [1.29, 1.82) is 0 Å². The number of thiocarbonyl (C=S) groups is 1. The van der Waals surface area contributed by atoms with E-state index < -0.39 is 42.1 Å². The molecule has 3 rings (SSSR count). The van der Waals surface area contributed by atoms with E-state index in [2.05, 4.69) is 0 Å². The molecule has 28 heavy (non-hydrogen) atoms. The Labute approximate surface area is 167 Å². The number of hydrogen-bond donors (Lipinski definition) is 0. The van der Waals surface area contributed by atoms with Gasteiger partial charge in [0.05, 0.1) is 28.2 Å². The fourth-order valence-electron chi connectivity index (χ4n) is 2.99. The lowest BCUT2D eigenvalue weighted by atomic mass is 10.1. The largest absolute Gasteiger partial charge is 0.550 e. The van der Waals surface area contributed by atoms with Crippen molar-refractivity contribution in [3.05, 3.63) is 34.7 Å². The molecule has 0 unspecified atom stereocenters. The molecule has 0 aliphatic carbocycles. The van der Waals surface area contributed by atoms with E-state index >= 15 is 0 Å². The maximum atomic E-state index is 12.9. The van der Waals surface area contributed by atoms with Gasteiger partial charge in [0.25, 0.3) is 11.8 Å². The number of fused-ring (bicyclic) bond motifs is 1. The second-order valence-corrected chi connectivity index (χ2v) is 7.48. The zero-order valence-electron chi connectivity index (χ0n) is 14.2. The Kier molecular flexibility index (Phi) is 5.04. The monoisotopic (exact) mass is 418 g/mol. The molecule has 2 aliphatic rings. The van der Waals surface area contributed by atoms with Crippen molar-refractivity contribution in [3.63, 3.8) is 0 Å². The van der Waals surface area contributed by atoms with Crippen LogP contribution in [0.25, 0.3) is 5.57 Å². The summed E-state index contributed by atoms with van der Waals surface area (Å²) in [7, 11) is 0. The summed E-state index contributed by atoms with van der Waals surface area (Å²) in [6, 6.07) is 4.41. The van der Waals surface area contributed by atoms with Crippen LogP contribution in [0.2, 0.25) is 0 Å². The highest BCUT2D eigenvalue weighted by atomic mass is 32.2. The summed E-state index contributed by atoms with van der Waals surface area (Å²) in [5.74, 6) is -5.79. The van der Waals surface area contributed by atoms with Gasteiger partial charge in [0, 0.05) is 24.9 Å². The molecular formula is C17H10N2O7S2-2. The van der Waals surface area contributed by atoms with Crippen LogP contribution >= 0.6 is 24.0 Å². The van der Waals surface area contributed by atoms with E-state index in [1.54, 1.807) is 12.1 Å². The molecule has 0 spiro atoms. The van der Waals surface area contributed by atoms with E-state index in [0.29, 0.717) is 22.2 Å². The summed E-state index contributed by atoms with van der Waals surface area (Å²) < 4.78 is -0.241. The molecule has 3 amide bonds. The molecule has 1 aromatic carbocycles. The van der Waals surface area contributed by atoms with Gasteiger partial charge in [-0.15, -0.1) is 0 Å². The highest BCUT2D eigenvalue weighted by Crippen LogP contribution is 2.45. The van der Waals surface area contributed by atoms with E-state index in [9.17, 15) is 34.2 Å². The Morgan fingerprint density at radius 2 is 1.79 bits per heavy atom. The third-order valence-electron chi connectivity index (χ3n) is 4.12. The predicted octanol–water partition coefficient (Wildman–Crippen LogP) is -1.59. The number of carboxylic acids is 2. The Morgan fingerprint density at radius 3 is 2.36 bits per heavy atom. The number of carboxylic acid groups (broad SMARTS) is 2. The number of carbonyl (C=O) groups excluding carboxylic acids is 5. The van der Waals surface area contributed by atoms with Crippen LogP contribution in [-0.2, 0) is 24.0 Å². The fourth-order valence-corrected chi connectivity index (χ4v) is 4.41. The normalized spacial score (nSPS) is 19.8. The minimum Gasteiger partial charge on any atom is -0.550 e. The molecule has 2 aliphatic heterocycles. The zero-order valence-corrected chi connectivity index (χ0v) is 15.8. The lowest BCUT2D eigenvalue weighted by molar-refractivity contribution is -0.319. The van der Waals surface area contributed by atoms with Crippen molar-refractivity contribution in [2.75, 3.05) is 4.90 Å². The molecule has 0 saturated carbocycles. The number of anilines is 1. The quantitative estimate of drug-likeness (QED) is 0.418. The number of imide groups is 1. The SMILES string of the molecule is CC(=O)N1C(=O)/C(=C2\SC(=S)N([C@H](CC(=O)[O-])C(=O)[O-])C2=O)c2ccccc21. The van der Waals surface area contributed by atoms with E-state index in [-0.39, 0.29) is 20.5 Å². The highest BCUT2D eigenvalue weighted by Gasteiger charge is 2.45. The minimum atomic E-state index is -1.88. The molecule has 11 heteroatoms. The van der Waals surface area contributed by atoms with Crippen molar-refractivity contribution in [3.8, 4) is 0 Å². The number of amides is 3. The molecule has 0 aromatic heterocycles. The van der Waals surface area contributed by atoms with Gasteiger partial charge in [-0.2, -0.15) is 0 Å². The van der Waals surface area contributed by atoms with E-state index in [1.807, 2.05) is 0 Å². The molecule has 9 nitrogen and oxygen atoms in total. The molecular weight excluding hydrogens is 408 g/mol. The molecule has 2 heterocycles. The number of para-hydroxylation sites is 1. The third kappa shape index (κ3) is 3.08. The number of carbonyl (C=O) groups is 5. The predicted molar refractivity (Wildman–Crippen MR) is 97.0 cm³/mol. The van der Waals surface area contributed by atoms with Crippen LogP contribution in [0.3, 0.4) is 0 Å². The maximum absolute atomic E-state index is 12.9. The number of rotatable bonds is 4. The van der Waals surface area contributed by atoms with Gasteiger partial charge in [-0.1, -0.05) is 42.2 Å². The number of nitrogens with zero attached hydrogens (tertiary/aromatic N) is 2. The first kappa shape index (κ1) is 19.7. The van der Waals surface area contributed by atoms with E-state index in [4.69, 9.17) is 12.2 Å². The summed E-state index contributed by atoms with van der Waals surface area (Å²) in [6.45, 7) is 1.19. The second kappa shape index (κ2) is 7.17. The van der Waals surface area contributed by atoms with Crippen molar-refractivity contribution in [2.45, 2.75) is 19.4 Å². The average molecular weight is 418 g/mol. The Morgan fingerprint density at radius 1 is 1.14 bits per heavy atom. The minimum absolute atomic E-state index is 0.101. The van der Waals surface area contributed by atoms with E-state index in [0.717, 1.165) is 4.90 Å². The number of thioether (sulfide) groups is 1. The van der Waals surface area contributed by atoms with Gasteiger partial charge in [-0.05, 0) is 6.07 Å². The fraction of sp³-hybridized carbons (Fsp3) is 0.176. The third-order valence-corrected chi connectivity index (χ3v) is 5.52. The molecule has 1 aromatic rings. The van der Waals surface area contributed by atoms with Crippen molar-refractivity contribution in [2.24, 2.45) is 0 Å². The highest BCUT2D eigenvalue weighted by molar-refractivity contribution is 8.26. The van der Waals surface area contributed by atoms with Gasteiger partial charge in [0.1, 0.15) is 4.32 Å². The lowest BCUT2D eigenvalue weighted by Crippen LogP contribution is -2.52. The summed E-state index contributed by atoms with van der Waals surface area (Å²) >= 11 is 5.69. The first-order chi connectivity index (χ1) is 13.1. The van der Waals surface area contributed by atoms with Gasteiger partial charge in [-0.25, -0.2) is 4.90 Å². The second-order valence-electron chi connectivity index (χ2n) is 5.83. The average Bonchev–Trinajstić information content (AvgIpc) is 3.05. The van der Waals surface area contributed by atoms with Crippen LogP contribution in [-0.4, -0.2) is 44.9 Å². The van der Waals surface area contributed by atoms with Crippen molar-refractivity contribution >= 4 is 69.2 Å². The summed E-state index contributed by atoms with van der Waals surface area (Å²) in [6.07, 6.45) is -1.03. The van der Waals surface area contributed by atoms with Crippen LogP contribution in [0, 0.1) is 0 Å². The first-order valence-corrected chi connectivity index (χ1v) is 9.02. The van der Waals surface area contributed by atoms with Crippen LogP contribution in [0.1, 0.15) is 18.9 Å². The molecule has 144 valence electrons. The van der Waals surface area contributed by atoms with Crippen molar-refractivity contribution in [1.82, 2.24) is 4.90 Å². The van der Waals surface area contributed by atoms with Gasteiger partial charge in [0.15, 0.2) is 0 Å². The van der Waals surface area contributed by atoms with Crippen molar-refractivity contribution < 1.29 is 34.2 Å². The van der Waals surface area contributed by atoms with Gasteiger partial charge in [-0.3, -0.25) is 19.3 Å². The van der Waals surface area contributed by atoms with Crippen LogP contribution in [0.15, 0.2) is 29.2 Å². The Balaban J connectivity index is 2.13. The number of hydrogen-bond acceptors (Lipinski definition) is 9. The molecule has 0 N–H and O–H groups in total. The number of aliphatic carboxylic acids is 2.